The van der Waals surface area contributed by atoms with E-state index in [0.717, 1.165) is 18.4 Å². The molecule has 0 saturated heterocycles. The van der Waals surface area contributed by atoms with Crippen LogP contribution in [0.1, 0.15) is 40.7 Å². The van der Waals surface area contributed by atoms with Crippen LogP contribution in [-0.4, -0.2) is 11.7 Å². The summed E-state index contributed by atoms with van der Waals surface area (Å²) in [7, 11) is 0. The van der Waals surface area contributed by atoms with Gasteiger partial charge >= 0.3 is 0 Å². The molecule has 0 bridgehead atoms. The van der Waals surface area contributed by atoms with E-state index in [1.165, 1.54) is 24.0 Å². The van der Waals surface area contributed by atoms with Crippen LogP contribution in [0.4, 0.5) is 0 Å². The van der Waals surface area contributed by atoms with Crippen LogP contribution in [0.5, 0.6) is 0 Å². The highest BCUT2D eigenvalue weighted by Gasteiger charge is 2.13. The first-order valence-electron chi connectivity index (χ1n) is 5.52. The van der Waals surface area contributed by atoms with Crippen LogP contribution in [0, 0.1) is 0 Å². The molecule has 1 aromatic carbocycles. The minimum atomic E-state index is 0.227. The Balaban J connectivity index is 2.12. The molecule has 0 aromatic heterocycles. The molecule has 1 nitrogen and oxygen atoms in total. The molecule has 1 aliphatic carbocycles. The topological polar surface area (TPSA) is 17.1 Å². The number of ketones is 1. The van der Waals surface area contributed by atoms with E-state index in [2.05, 4.69) is 12.1 Å². The molecule has 15 heavy (non-hydrogen) atoms. The largest absolute Gasteiger partial charge is 0.294 e. The van der Waals surface area contributed by atoms with Gasteiger partial charge in [-0.2, -0.15) is 0 Å². The summed E-state index contributed by atoms with van der Waals surface area (Å²) < 4.78 is 0. The monoisotopic (exact) mass is 222 g/mol. The van der Waals surface area contributed by atoms with Gasteiger partial charge in [0.15, 0.2) is 5.78 Å². The van der Waals surface area contributed by atoms with Crippen molar-refractivity contribution in [1.82, 2.24) is 0 Å². The van der Waals surface area contributed by atoms with Crippen molar-refractivity contribution in [2.45, 2.75) is 32.1 Å². The van der Waals surface area contributed by atoms with Crippen molar-refractivity contribution in [3.05, 3.63) is 34.9 Å². The normalized spacial score (nSPS) is 13.9. The average molecular weight is 223 g/mol. The first-order chi connectivity index (χ1) is 7.31. The van der Waals surface area contributed by atoms with E-state index in [1.54, 1.807) is 0 Å². The molecule has 1 aromatic rings. The van der Waals surface area contributed by atoms with Crippen molar-refractivity contribution in [1.29, 1.82) is 0 Å². The van der Waals surface area contributed by atoms with Crippen LogP contribution < -0.4 is 0 Å². The average Bonchev–Trinajstić information content (AvgIpc) is 2.72. The third-order valence-corrected chi connectivity index (χ3v) is 3.23. The van der Waals surface area contributed by atoms with E-state index in [-0.39, 0.29) is 5.78 Å². The van der Waals surface area contributed by atoms with E-state index in [9.17, 15) is 4.79 Å². The van der Waals surface area contributed by atoms with Crippen molar-refractivity contribution < 1.29 is 4.79 Å². The Morgan fingerprint density at radius 2 is 2.07 bits per heavy atom. The Labute approximate surface area is 95.4 Å². The summed E-state index contributed by atoms with van der Waals surface area (Å²) in [5.74, 6) is 0.793. The van der Waals surface area contributed by atoms with Gasteiger partial charge in [-0.3, -0.25) is 4.79 Å². The van der Waals surface area contributed by atoms with Crippen molar-refractivity contribution in [3.8, 4) is 0 Å². The third kappa shape index (κ3) is 2.40. The number of halogens is 1. The Morgan fingerprint density at radius 1 is 1.27 bits per heavy atom. The van der Waals surface area contributed by atoms with Gasteiger partial charge in [-0.1, -0.05) is 12.1 Å². The molecule has 0 aliphatic heterocycles. The predicted octanol–water partition coefficient (Wildman–Crippen LogP) is 3.38. The zero-order chi connectivity index (χ0) is 10.7. The quantitative estimate of drug-likeness (QED) is 0.564. The molecule has 0 amide bonds. The molecule has 0 heterocycles. The molecule has 0 spiro atoms. The van der Waals surface area contributed by atoms with Gasteiger partial charge in [-0.15, -0.1) is 11.6 Å². The summed E-state index contributed by atoms with van der Waals surface area (Å²) in [4.78, 5) is 11.7. The van der Waals surface area contributed by atoms with Crippen molar-refractivity contribution >= 4 is 17.4 Å². The van der Waals surface area contributed by atoms with E-state index < -0.39 is 0 Å². The summed E-state index contributed by atoms with van der Waals surface area (Å²) >= 11 is 5.57. The minimum absolute atomic E-state index is 0.227. The molecule has 1 aliphatic rings. The molecule has 0 unspecified atom stereocenters. The molecule has 0 radical (unpaired) electrons. The highest BCUT2D eigenvalue weighted by Crippen LogP contribution is 2.23. The number of carbonyl (C=O) groups excluding carboxylic acids is 1. The van der Waals surface area contributed by atoms with Crippen LogP contribution >= 0.6 is 11.6 Å². The molecule has 80 valence electrons. The van der Waals surface area contributed by atoms with Gasteiger partial charge in [-0.05, 0) is 42.9 Å². The fraction of sp³-hybridized carbons (Fsp3) is 0.462. The summed E-state index contributed by atoms with van der Waals surface area (Å²) in [5.41, 5.74) is 3.65. The van der Waals surface area contributed by atoms with Crippen molar-refractivity contribution in [2.24, 2.45) is 0 Å². The fourth-order valence-corrected chi connectivity index (χ4v) is 2.25. The maximum atomic E-state index is 11.7. The molecule has 0 atom stereocenters. The van der Waals surface area contributed by atoms with Crippen LogP contribution in [0.2, 0.25) is 0 Å². The lowest BCUT2D eigenvalue weighted by atomic mass is 10.0. The highest BCUT2D eigenvalue weighted by molar-refractivity contribution is 6.18. The van der Waals surface area contributed by atoms with E-state index in [0.29, 0.717) is 12.3 Å². The number of benzene rings is 1. The summed E-state index contributed by atoms with van der Waals surface area (Å²) in [6.07, 6.45) is 4.88. The van der Waals surface area contributed by atoms with Crippen LogP contribution in [-0.2, 0) is 12.8 Å². The number of hydrogen-bond donors (Lipinski definition) is 0. The van der Waals surface area contributed by atoms with E-state index in [4.69, 9.17) is 11.6 Å². The van der Waals surface area contributed by atoms with Gasteiger partial charge in [0.2, 0.25) is 0 Å². The van der Waals surface area contributed by atoms with Crippen LogP contribution in [0.3, 0.4) is 0 Å². The molecule has 0 N–H and O–H groups in total. The van der Waals surface area contributed by atoms with Gasteiger partial charge in [0.05, 0.1) is 0 Å². The van der Waals surface area contributed by atoms with Crippen LogP contribution in [0.15, 0.2) is 18.2 Å². The number of carbonyl (C=O) groups is 1. The second-order valence-electron chi connectivity index (χ2n) is 4.05. The second kappa shape index (κ2) is 4.80. The number of rotatable bonds is 4. The molecular weight excluding hydrogens is 208 g/mol. The molecule has 0 saturated carbocycles. The Hall–Kier alpha value is -0.820. The third-order valence-electron chi connectivity index (χ3n) is 2.96. The van der Waals surface area contributed by atoms with E-state index >= 15 is 0 Å². The Kier molecular flexibility index (Phi) is 3.42. The smallest absolute Gasteiger partial charge is 0.162 e. The van der Waals surface area contributed by atoms with E-state index in [1.807, 2.05) is 6.07 Å². The maximum absolute atomic E-state index is 11.7. The minimum Gasteiger partial charge on any atom is -0.294 e. The van der Waals surface area contributed by atoms with Gasteiger partial charge in [0, 0.05) is 17.9 Å². The van der Waals surface area contributed by atoms with Crippen LogP contribution in [0.25, 0.3) is 0 Å². The Bertz CT molecular complexity index is 371. The van der Waals surface area contributed by atoms with Gasteiger partial charge < -0.3 is 0 Å². The zero-order valence-electron chi connectivity index (χ0n) is 8.76. The van der Waals surface area contributed by atoms with Crippen molar-refractivity contribution in [2.75, 3.05) is 5.88 Å². The molecule has 2 heteroatoms. The lowest BCUT2D eigenvalue weighted by molar-refractivity contribution is 0.0982. The highest BCUT2D eigenvalue weighted by atomic mass is 35.5. The number of aryl methyl sites for hydroxylation is 2. The summed E-state index contributed by atoms with van der Waals surface area (Å²) in [6, 6.07) is 6.13. The van der Waals surface area contributed by atoms with Gasteiger partial charge in [0.25, 0.3) is 0 Å². The standard InChI is InChI=1S/C13H15ClO/c14-8-2-5-13(15)12-7-6-10-3-1-4-11(10)9-12/h6-7,9H,1-5,8H2. The molecular formula is C13H15ClO. The molecule has 2 rings (SSSR count). The van der Waals surface area contributed by atoms with Crippen molar-refractivity contribution in [3.63, 3.8) is 0 Å². The first-order valence-corrected chi connectivity index (χ1v) is 6.05. The first kappa shape index (κ1) is 10.7. The predicted molar refractivity (Wildman–Crippen MR) is 62.8 cm³/mol. The maximum Gasteiger partial charge on any atom is 0.162 e. The lowest BCUT2D eigenvalue weighted by Crippen LogP contribution is -2.00. The Morgan fingerprint density at radius 3 is 2.87 bits per heavy atom. The number of hydrogen-bond acceptors (Lipinski definition) is 1. The fourth-order valence-electron chi connectivity index (χ4n) is 2.12. The number of Topliss-reactive ketones (excluding diaryl/α,β-unsaturated/α-hetero) is 1. The van der Waals surface area contributed by atoms with Gasteiger partial charge in [0.1, 0.15) is 0 Å². The summed E-state index contributed by atoms with van der Waals surface area (Å²) in [6.45, 7) is 0. The second-order valence-corrected chi connectivity index (χ2v) is 4.43. The molecule has 0 fully saturated rings. The lowest BCUT2D eigenvalue weighted by Gasteiger charge is -2.03. The number of fused-ring (bicyclic) bond motifs is 1. The summed E-state index contributed by atoms with van der Waals surface area (Å²) in [5, 5.41) is 0. The number of alkyl halides is 1. The SMILES string of the molecule is O=C(CCCCl)c1ccc2c(c1)CCC2. The zero-order valence-corrected chi connectivity index (χ0v) is 9.52. The van der Waals surface area contributed by atoms with Gasteiger partial charge in [-0.25, -0.2) is 0 Å².